The fraction of sp³-hybridized carbons (Fsp3) is 0.217. The summed E-state index contributed by atoms with van der Waals surface area (Å²) >= 11 is 1.48. The smallest absolute Gasteiger partial charge is 0.262 e. The van der Waals surface area contributed by atoms with E-state index in [0.717, 1.165) is 16.0 Å². The Hall–Kier alpha value is -2.87. The number of aryl methyl sites for hydroxylation is 1. The van der Waals surface area contributed by atoms with E-state index in [2.05, 4.69) is 4.98 Å². The quantitative estimate of drug-likeness (QED) is 0.484. The van der Waals surface area contributed by atoms with Crippen LogP contribution in [0, 0.1) is 12.7 Å². The van der Waals surface area contributed by atoms with Crippen LogP contribution in [-0.4, -0.2) is 27.4 Å². The molecule has 0 saturated heterocycles. The molecule has 30 heavy (non-hydrogen) atoms. The molecule has 0 amide bonds. The van der Waals surface area contributed by atoms with Crippen molar-refractivity contribution < 1.29 is 14.2 Å². The third-order valence-corrected chi connectivity index (χ3v) is 5.86. The molecular weight excluding hydrogens is 403 g/mol. The Morgan fingerprint density at radius 1 is 1.17 bits per heavy atom. The van der Waals surface area contributed by atoms with E-state index in [1.54, 1.807) is 18.2 Å². The number of hydrogen-bond donors (Lipinski definition) is 1. The minimum Gasteiger partial charge on any atom is -0.389 e. The van der Waals surface area contributed by atoms with Crippen LogP contribution in [0.5, 0.6) is 0 Å². The zero-order valence-electron chi connectivity index (χ0n) is 16.4. The van der Waals surface area contributed by atoms with Crippen LogP contribution in [0.15, 0.2) is 65.7 Å². The summed E-state index contributed by atoms with van der Waals surface area (Å²) < 4.78 is 20.5. The first-order valence-electron chi connectivity index (χ1n) is 9.57. The van der Waals surface area contributed by atoms with Gasteiger partial charge in [-0.05, 0) is 18.6 Å². The molecule has 0 fully saturated rings. The van der Waals surface area contributed by atoms with Crippen molar-refractivity contribution in [2.45, 2.75) is 26.2 Å². The number of rotatable bonds is 7. The van der Waals surface area contributed by atoms with Crippen molar-refractivity contribution in [1.82, 2.24) is 9.55 Å². The fourth-order valence-electron chi connectivity index (χ4n) is 3.42. The molecular formula is C23H21FN2O3S. The first-order chi connectivity index (χ1) is 14.5. The lowest BCUT2D eigenvalue weighted by Crippen LogP contribution is -2.29. The molecule has 1 atom stereocenters. The largest absolute Gasteiger partial charge is 0.389 e. The Balaban J connectivity index is 1.53. The third-order valence-electron chi connectivity index (χ3n) is 4.85. The zero-order valence-corrected chi connectivity index (χ0v) is 17.2. The van der Waals surface area contributed by atoms with Gasteiger partial charge >= 0.3 is 0 Å². The maximum Gasteiger partial charge on any atom is 0.262 e. The van der Waals surface area contributed by atoms with E-state index >= 15 is 0 Å². The second kappa shape index (κ2) is 8.87. The average molecular weight is 424 g/mol. The number of aliphatic hydroxyl groups excluding tert-OH is 1. The first-order valence-corrected chi connectivity index (χ1v) is 10.4. The second-order valence-corrected chi connectivity index (χ2v) is 8.25. The van der Waals surface area contributed by atoms with E-state index < -0.39 is 6.10 Å². The minimum atomic E-state index is -0.923. The lowest BCUT2D eigenvalue weighted by atomic mass is 10.0. The molecule has 1 N–H and O–H groups in total. The number of benzene rings is 2. The molecule has 0 bridgehead atoms. The molecule has 4 aromatic rings. The maximum atomic E-state index is 13.6. The number of fused-ring (bicyclic) bond motifs is 1. The Morgan fingerprint density at radius 3 is 2.67 bits per heavy atom. The van der Waals surface area contributed by atoms with Crippen molar-refractivity contribution in [3.8, 4) is 11.1 Å². The molecule has 0 saturated carbocycles. The van der Waals surface area contributed by atoms with Gasteiger partial charge in [-0.15, -0.1) is 11.3 Å². The summed E-state index contributed by atoms with van der Waals surface area (Å²) in [6.07, 6.45) is 0.531. The SMILES string of the molecule is Cc1sc2ncn(CC(O)COCc3ccccc3F)c(=O)c2c1-c1ccccc1. The summed E-state index contributed by atoms with van der Waals surface area (Å²) in [5.74, 6) is -0.348. The summed E-state index contributed by atoms with van der Waals surface area (Å²) in [6.45, 7) is 2.05. The van der Waals surface area contributed by atoms with Gasteiger partial charge in [-0.1, -0.05) is 48.5 Å². The highest BCUT2D eigenvalue weighted by molar-refractivity contribution is 7.19. The van der Waals surface area contributed by atoms with Crippen LogP contribution in [0.1, 0.15) is 10.4 Å². The van der Waals surface area contributed by atoms with Crippen molar-refractivity contribution in [1.29, 1.82) is 0 Å². The van der Waals surface area contributed by atoms with Crippen LogP contribution >= 0.6 is 11.3 Å². The molecule has 1 unspecified atom stereocenters. The molecule has 7 heteroatoms. The Morgan fingerprint density at radius 2 is 1.90 bits per heavy atom. The van der Waals surface area contributed by atoms with Crippen LogP contribution in [0.3, 0.4) is 0 Å². The highest BCUT2D eigenvalue weighted by Gasteiger charge is 2.18. The van der Waals surface area contributed by atoms with Crippen molar-refractivity contribution in [2.75, 3.05) is 6.61 Å². The average Bonchev–Trinajstić information content (AvgIpc) is 3.09. The summed E-state index contributed by atoms with van der Waals surface area (Å²) in [7, 11) is 0. The molecule has 0 spiro atoms. The predicted octanol–water partition coefficient (Wildman–Crippen LogP) is 4.15. The summed E-state index contributed by atoms with van der Waals surface area (Å²) in [4.78, 5) is 19.3. The van der Waals surface area contributed by atoms with Gasteiger partial charge < -0.3 is 9.84 Å². The number of halogens is 1. The molecule has 4 rings (SSSR count). The van der Waals surface area contributed by atoms with Gasteiger partial charge in [0.2, 0.25) is 0 Å². The van der Waals surface area contributed by atoms with Crippen LogP contribution in [0.4, 0.5) is 4.39 Å². The standard InChI is InChI=1S/C23H21FN2O3S/c1-15-20(16-7-3-2-4-8-16)21-22(30-15)25-14-26(23(21)28)11-18(27)13-29-12-17-9-5-6-10-19(17)24/h2-10,14,18,27H,11-13H2,1H3. The number of thiophene rings is 1. The lowest BCUT2D eigenvalue weighted by molar-refractivity contribution is 0.0189. The fourth-order valence-corrected chi connectivity index (χ4v) is 4.42. The summed E-state index contributed by atoms with van der Waals surface area (Å²) in [5, 5.41) is 10.9. The Kier molecular flexibility index (Phi) is 6.03. The Labute approximate surface area is 177 Å². The molecule has 2 heterocycles. The van der Waals surface area contributed by atoms with Crippen LogP contribution < -0.4 is 5.56 Å². The van der Waals surface area contributed by atoms with Gasteiger partial charge in [0, 0.05) is 16.0 Å². The van der Waals surface area contributed by atoms with E-state index in [1.165, 1.54) is 28.3 Å². The van der Waals surface area contributed by atoms with Crippen molar-refractivity contribution in [3.63, 3.8) is 0 Å². The van der Waals surface area contributed by atoms with Gasteiger partial charge in [0.05, 0.1) is 37.6 Å². The van der Waals surface area contributed by atoms with Crippen LogP contribution in [0.2, 0.25) is 0 Å². The molecule has 2 aromatic carbocycles. The van der Waals surface area contributed by atoms with E-state index in [9.17, 15) is 14.3 Å². The first kappa shape index (κ1) is 20.4. The second-order valence-electron chi connectivity index (χ2n) is 7.04. The van der Waals surface area contributed by atoms with E-state index in [1.807, 2.05) is 37.3 Å². The highest BCUT2D eigenvalue weighted by Crippen LogP contribution is 2.35. The van der Waals surface area contributed by atoms with E-state index in [4.69, 9.17) is 4.74 Å². The third kappa shape index (κ3) is 4.18. The number of hydrogen-bond acceptors (Lipinski definition) is 5. The molecule has 5 nitrogen and oxygen atoms in total. The molecule has 0 aliphatic rings. The molecule has 0 aliphatic carbocycles. The Bertz CT molecular complexity index is 1220. The highest BCUT2D eigenvalue weighted by atomic mass is 32.1. The van der Waals surface area contributed by atoms with Gasteiger partial charge in [-0.25, -0.2) is 9.37 Å². The maximum absolute atomic E-state index is 13.6. The minimum absolute atomic E-state index is 0.0208. The topological polar surface area (TPSA) is 64.3 Å². The normalized spacial score (nSPS) is 12.4. The van der Waals surface area contributed by atoms with Gasteiger partial charge in [-0.3, -0.25) is 9.36 Å². The summed E-state index contributed by atoms with van der Waals surface area (Å²) in [6, 6.07) is 16.1. The monoisotopic (exact) mass is 424 g/mol. The van der Waals surface area contributed by atoms with E-state index in [-0.39, 0.29) is 31.1 Å². The van der Waals surface area contributed by atoms with Crippen LogP contribution in [0.25, 0.3) is 21.3 Å². The molecule has 0 aliphatic heterocycles. The van der Waals surface area contributed by atoms with Crippen molar-refractivity contribution in [3.05, 3.63) is 87.5 Å². The van der Waals surface area contributed by atoms with Gasteiger partial charge in [0.25, 0.3) is 5.56 Å². The summed E-state index contributed by atoms with van der Waals surface area (Å²) in [5.41, 5.74) is 2.07. The predicted molar refractivity (Wildman–Crippen MR) is 116 cm³/mol. The van der Waals surface area contributed by atoms with Gasteiger partial charge in [0.15, 0.2) is 0 Å². The molecule has 154 valence electrons. The van der Waals surface area contributed by atoms with Crippen molar-refractivity contribution in [2.24, 2.45) is 0 Å². The van der Waals surface area contributed by atoms with Crippen LogP contribution in [-0.2, 0) is 17.9 Å². The number of aromatic nitrogens is 2. The van der Waals surface area contributed by atoms with Gasteiger partial charge in [0.1, 0.15) is 10.6 Å². The molecule has 2 aromatic heterocycles. The van der Waals surface area contributed by atoms with E-state index in [0.29, 0.717) is 15.8 Å². The van der Waals surface area contributed by atoms with Crippen molar-refractivity contribution >= 4 is 21.6 Å². The lowest BCUT2D eigenvalue weighted by Gasteiger charge is -2.13. The van der Waals surface area contributed by atoms with Gasteiger partial charge in [-0.2, -0.15) is 0 Å². The molecule has 0 radical (unpaired) electrons. The number of nitrogens with zero attached hydrogens (tertiary/aromatic N) is 2. The zero-order chi connectivity index (χ0) is 21.1. The number of ether oxygens (including phenoxy) is 1. The number of aliphatic hydroxyl groups is 1.